The number of esters is 1. The minimum Gasteiger partial charge on any atom is -0.462 e. The molecule has 4 nitrogen and oxygen atoms in total. The number of rotatable bonds is 3. The summed E-state index contributed by atoms with van der Waals surface area (Å²) in [6.07, 6.45) is 0. The molecule has 0 fully saturated rings. The first-order valence-electron chi connectivity index (χ1n) is 4.20. The smallest absolute Gasteiger partial charge is 0.343 e. The molecule has 1 aromatic heterocycles. The van der Waals surface area contributed by atoms with Crippen LogP contribution in [0.4, 0.5) is 0 Å². The van der Waals surface area contributed by atoms with E-state index in [2.05, 4.69) is 37.0 Å². The van der Waals surface area contributed by atoms with Crippen LogP contribution in [0, 0.1) is 0 Å². The van der Waals surface area contributed by atoms with Crippen molar-refractivity contribution in [3.05, 3.63) is 14.8 Å². The lowest BCUT2D eigenvalue weighted by Crippen LogP contribution is -2.05. The Kier molecular flexibility index (Phi) is 4.12. The van der Waals surface area contributed by atoms with E-state index in [1.165, 1.54) is 0 Å². The SMILES string of the molecule is CCOC(=O)c1c(Br)nn(CC)c1Br. The van der Waals surface area contributed by atoms with Gasteiger partial charge in [-0.25, -0.2) is 4.79 Å². The minimum atomic E-state index is -0.369. The Labute approximate surface area is 98.9 Å². The maximum atomic E-state index is 11.5. The zero-order valence-corrected chi connectivity index (χ0v) is 11.1. The molecule has 0 N–H and O–H groups in total. The first-order chi connectivity index (χ1) is 6.61. The molecule has 0 bridgehead atoms. The monoisotopic (exact) mass is 324 g/mol. The van der Waals surface area contributed by atoms with Crippen molar-refractivity contribution in [2.45, 2.75) is 20.4 Å². The first kappa shape index (κ1) is 11.7. The van der Waals surface area contributed by atoms with Gasteiger partial charge in [0.25, 0.3) is 0 Å². The number of nitrogens with zero attached hydrogens (tertiary/aromatic N) is 2. The fraction of sp³-hybridized carbons (Fsp3) is 0.500. The summed E-state index contributed by atoms with van der Waals surface area (Å²) in [6, 6.07) is 0. The van der Waals surface area contributed by atoms with Gasteiger partial charge in [-0.3, -0.25) is 4.68 Å². The molecule has 0 radical (unpaired) electrons. The van der Waals surface area contributed by atoms with Gasteiger partial charge in [0, 0.05) is 6.54 Å². The highest BCUT2D eigenvalue weighted by molar-refractivity contribution is 9.11. The molecule has 6 heteroatoms. The Bertz CT molecular complexity index is 349. The third-order valence-electron chi connectivity index (χ3n) is 1.63. The van der Waals surface area contributed by atoms with Crippen LogP contribution in [0.3, 0.4) is 0 Å². The summed E-state index contributed by atoms with van der Waals surface area (Å²) in [5.74, 6) is -0.369. The molecule has 14 heavy (non-hydrogen) atoms. The summed E-state index contributed by atoms with van der Waals surface area (Å²) < 4.78 is 7.72. The van der Waals surface area contributed by atoms with Crippen molar-refractivity contribution in [1.29, 1.82) is 0 Å². The second-order valence-corrected chi connectivity index (χ2v) is 4.00. The fourth-order valence-electron chi connectivity index (χ4n) is 0.995. The highest BCUT2D eigenvalue weighted by Gasteiger charge is 2.21. The quantitative estimate of drug-likeness (QED) is 0.802. The van der Waals surface area contributed by atoms with Crippen LogP contribution >= 0.6 is 31.9 Å². The highest BCUT2D eigenvalue weighted by Crippen LogP contribution is 2.25. The molecule has 0 atom stereocenters. The third-order valence-corrected chi connectivity index (χ3v) is 2.99. The predicted molar refractivity (Wildman–Crippen MR) is 59.3 cm³/mol. The molecule has 0 saturated heterocycles. The normalized spacial score (nSPS) is 10.3. The summed E-state index contributed by atoms with van der Waals surface area (Å²) in [5, 5.41) is 4.12. The van der Waals surface area contributed by atoms with Gasteiger partial charge in [0.2, 0.25) is 0 Å². The van der Waals surface area contributed by atoms with Crippen LogP contribution in [0.15, 0.2) is 9.21 Å². The van der Waals surface area contributed by atoms with E-state index in [1.807, 2.05) is 6.92 Å². The zero-order chi connectivity index (χ0) is 10.7. The van der Waals surface area contributed by atoms with Crippen molar-refractivity contribution in [3.8, 4) is 0 Å². The van der Waals surface area contributed by atoms with Gasteiger partial charge in [-0.15, -0.1) is 0 Å². The molecule has 1 heterocycles. The maximum Gasteiger partial charge on any atom is 0.343 e. The second kappa shape index (κ2) is 4.93. The van der Waals surface area contributed by atoms with Crippen LogP contribution in [0.2, 0.25) is 0 Å². The van der Waals surface area contributed by atoms with Gasteiger partial charge >= 0.3 is 5.97 Å². The second-order valence-electron chi connectivity index (χ2n) is 2.49. The Hall–Kier alpha value is -0.360. The number of carbonyl (C=O) groups excluding carboxylic acids is 1. The topological polar surface area (TPSA) is 44.1 Å². The predicted octanol–water partition coefficient (Wildman–Crippen LogP) is 2.60. The minimum absolute atomic E-state index is 0.356. The lowest BCUT2D eigenvalue weighted by Gasteiger charge is -2.00. The Balaban J connectivity index is 3.07. The number of ether oxygens (including phenoxy) is 1. The molecule has 0 aliphatic rings. The molecule has 1 rings (SSSR count). The number of carbonyl (C=O) groups is 1. The van der Waals surface area contributed by atoms with Crippen LogP contribution in [-0.2, 0) is 11.3 Å². The standard InChI is InChI=1S/C8H10Br2N2O2/c1-3-12-7(10)5(6(9)11-12)8(13)14-4-2/h3-4H2,1-2H3. The van der Waals surface area contributed by atoms with Crippen molar-refractivity contribution in [2.24, 2.45) is 0 Å². The number of halogens is 2. The van der Waals surface area contributed by atoms with Crippen LogP contribution in [0.1, 0.15) is 24.2 Å². The fourth-order valence-corrected chi connectivity index (χ4v) is 2.48. The molecule has 0 spiro atoms. The largest absolute Gasteiger partial charge is 0.462 e. The van der Waals surface area contributed by atoms with Crippen molar-refractivity contribution >= 4 is 37.8 Å². The molecule has 0 aliphatic carbocycles. The van der Waals surface area contributed by atoms with E-state index < -0.39 is 0 Å². The van der Waals surface area contributed by atoms with Gasteiger partial charge in [0.15, 0.2) is 0 Å². The van der Waals surface area contributed by atoms with E-state index in [0.717, 1.165) is 0 Å². The maximum absolute atomic E-state index is 11.5. The third kappa shape index (κ3) is 2.17. The Morgan fingerprint density at radius 1 is 1.50 bits per heavy atom. The summed E-state index contributed by atoms with van der Waals surface area (Å²) >= 11 is 6.52. The van der Waals surface area contributed by atoms with E-state index in [4.69, 9.17) is 4.74 Å². The molecule has 0 unspecified atom stereocenters. The van der Waals surface area contributed by atoms with Gasteiger partial charge in [0.05, 0.1) is 6.61 Å². The summed E-state index contributed by atoms with van der Waals surface area (Å²) in [5.41, 5.74) is 0.439. The van der Waals surface area contributed by atoms with Crippen LogP contribution < -0.4 is 0 Å². The molecule has 0 aromatic carbocycles. The molecule has 1 aromatic rings. The average molecular weight is 326 g/mol. The summed E-state index contributed by atoms with van der Waals surface area (Å²) in [6.45, 7) is 4.76. The van der Waals surface area contributed by atoms with Crippen LogP contribution in [0.5, 0.6) is 0 Å². The van der Waals surface area contributed by atoms with E-state index in [1.54, 1.807) is 11.6 Å². The van der Waals surface area contributed by atoms with Gasteiger partial charge in [-0.2, -0.15) is 5.10 Å². The van der Waals surface area contributed by atoms with Crippen molar-refractivity contribution in [2.75, 3.05) is 6.61 Å². The Morgan fingerprint density at radius 3 is 2.57 bits per heavy atom. The van der Waals surface area contributed by atoms with Crippen molar-refractivity contribution in [3.63, 3.8) is 0 Å². The lowest BCUT2D eigenvalue weighted by molar-refractivity contribution is 0.0524. The van der Waals surface area contributed by atoms with E-state index in [-0.39, 0.29) is 5.97 Å². The molecule has 0 aliphatic heterocycles. The van der Waals surface area contributed by atoms with Crippen LogP contribution in [0.25, 0.3) is 0 Å². The molecule has 78 valence electrons. The molecule has 0 amide bonds. The van der Waals surface area contributed by atoms with Gasteiger partial charge < -0.3 is 4.74 Å². The molecular formula is C8H10Br2N2O2. The van der Waals surface area contributed by atoms with Gasteiger partial charge in [-0.1, -0.05) is 0 Å². The van der Waals surface area contributed by atoms with E-state index >= 15 is 0 Å². The van der Waals surface area contributed by atoms with Crippen molar-refractivity contribution < 1.29 is 9.53 Å². The lowest BCUT2D eigenvalue weighted by atomic mass is 10.4. The average Bonchev–Trinajstić information content (AvgIpc) is 2.41. The zero-order valence-electron chi connectivity index (χ0n) is 7.88. The van der Waals surface area contributed by atoms with Crippen molar-refractivity contribution in [1.82, 2.24) is 9.78 Å². The Morgan fingerprint density at radius 2 is 2.14 bits per heavy atom. The molecular weight excluding hydrogens is 316 g/mol. The van der Waals surface area contributed by atoms with Gasteiger partial charge in [-0.05, 0) is 45.7 Å². The number of hydrogen-bond acceptors (Lipinski definition) is 3. The number of hydrogen-bond donors (Lipinski definition) is 0. The van der Waals surface area contributed by atoms with Crippen LogP contribution in [-0.4, -0.2) is 22.4 Å². The summed E-state index contributed by atoms with van der Waals surface area (Å²) in [7, 11) is 0. The van der Waals surface area contributed by atoms with Gasteiger partial charge in [0.1, 0.15) is 14.8 Å². The van der Waals surface area contributed by atoms with E-state index in [0.29, 0.717) is 27.9 Å². The first-order valence-corrected chi connectivity index (χ1v) is 5.79. The highest BCUT2D eigenvalue weighted by atomic mass is 79.9. The number of aromatic nitrogens is 2. The molecule has 0 saturated carbocycles. The summed E-state index contributed by atoms with van der Waals surface area (Å²) in [4.78, 5) is 11.5. The number of aryl methyl sites for hydroxylation is 1. The van der Waals surface area contributed by atoms with E-state index in [9.17, 15) is 4.79 Å².